The second-order valence-corrected chi connectivity index (χ2v) is 4.43. The Kier molecular flexibility index (Phi) is 3.10. The van der Waals surface area contributed by atoms with E-state index < -0.39 is 0 Å². The van der Waals surface area contributed by atoms with E-state index in [1.165, 1.54) is 9.88 Å². The van der Waals surface area contributed by atoms with Gasteiger partial charge in [0.15, 0.2) is 4.43 Å². The van der Waals surface area contributed by atoms with Crippen LogP contribution in [0, 0.1) is 0 Å². The number of nitrogens with zero attached hydrogens (tertiary/aromatic N) is 1. The van der Waals surface area contributed by atoms with Crippen LogP contribution in [-0.2, 0) is 4.43 Å². The molecular weight excluding hydrogens is 257 g/mol. The minimum absolute atomic E-state index is 0.589. The fraction of sp³-hybridized carbons (Fsp3) is 0.571. The van der Waals surface area contributed by atoms with Crippen LogP contribution in [0.1, 0.15) is 29.7 Å². The minimum atomic E-state index is 0.589. The van der Waals surface area contributed by atoms with Crippen molar-refractivity contribution < 1.29 is 22.6 Å². The third-order valence-corrected chi connectivity index (χ3v) is 3.96. The second kappa shape index (κ2) is 3.67. The number of aromatic nitrogens is 1. The van der Waals surface area contributed by atoms with Crippen LogP contribution in [0.4, 0.5) is 0 Å². The lowest BCUT2D eigenvalue weighted by atomic mass is 10.2. The van der Waals surface area contributed by atoms with E-state index in [1.807, 2.05) is 17.5 Å². The van der Waals surface area contributed by atoms with Gasteiger partial charge < -0.3 is 0 Å². The van der Waals surface area contributed by atoms with Gasteiger partial charge in [0.05, 0.1) is 9.88 Å². The van der Waals surface area contributed by atoms with E-state index in [-0.39, 0.29) is 0 Å². The highest BCUT2D eigenvalue weighted by Gasteiger charge is 2.05. The zero-order valence-corrected chi connectivity index (χ0v) is 9.27. The van der Waals surface area contributed by atoms with Gasteiger partial charge in [-0.05, 0) is 0 Å². The Bertz CT molecular complexity index is 207. The molecule has 10 heavy (non-hydrogen) atoms. The molecule has 0 bridgehead atoms. The highest BCUT2D eigenvalue weighted by atomic mass is 127. The van der Waals surface area contributed by atoms with Crippen LogP contribution in [0.15, 0.2) is 6.20 Å². The summed E-state index contributed by atoms with van der Waals surface area (Å²) in [6.45, 7) is 4.36. The lowest BCUT2D eigenvalue weighted by molar-refractivity contribution is -0.385. The SMILES string of the molecule is CC(C)c1ncc(C[IH+])s1. The molecule has 0 amide bonds. The maximum absolute atomic E-state index is 4.31. The summed E-state index contributed by atoms with van der Waals surface area (Å²) in [5, 5.41) is 1.26. The average molecular weight is 268 g/mol. The van der Waals surface area contributed by atoms with Crippen molar-refractivity contribution in [2.75, 3.05) is 0 Å². The summed E-state index contributed by atoms with van der Waals surface area (Å²) >= 11 is 3.93. The molecule has 0 saturated carbocycles. The Labute approximate surface area is 79.0 Å². The molecule has 0 fully saturated rings. The zero-order valence-electron chi connectivity index (χ0n) is 6.13. The maximum Gasteiger partial charge on any atom is 0.258 e. The van der Waals surface area contributed by atoms with Crippen molar-refractivity contribution >= 4 is 11.3 Å². The number of rotatable bonds is 2. The standard InChI is InChI=1S/C7H11INS/c1-5(2)7-9-4-6(3-8)10-7/h4-5,8H,3H2,1-2H3/q+1. The first-order valence-electron chi connectivity index (χ1n) is 3.26. The number of thiazole rings is 1. The second-order valence-electron chi connectivity index (χ2n) is 2.46. The molecule has 1 aromatic rings. The van der Waals surface area contributed by atoms with E-state index >= 15 is 0 Å². The molecule has 1 aromatic heterocycles. The summed E-state index contributed by atoms with van der Waals surface area (Å²) in [6.07, 6.45) is 1.99. The molecule has 0 radical (unpaired) electrons. The Morgan fingerprint density at radius 3 is 2.70 bits per heavy atom. The van der Waals surface area contributed by atoms with Crippen LogP contribution < -0.4 is 22.6 Å². The summed E-state index contributed by atoms with van der Waals surface area (Å²) in [6, 6.07) is 0. The zero-order chi connectivity index (χ0) is 7.56. The van der Waals surface area contributed by atoms with Crippen LogP contribution in [0.2, 0.25) is 0 Å². The first-order chi connectivity index (χ1) is 4.74. The molecule has 0 saturated heterocycles. The Hall–Kier alpha value is 0.360. The molecule has 0 atom stereocenters. The van der Waals surface area contributed by atoms with Gasteiger partial charge >= 0.3 is 0 Å². The van der Waals surface area contributed by atoms with Crippen LogP contribution >= 0.6 is 11.3 Å². The van der Waals surface area contributed by atoms with Gasteiger partial charge in [0.1, 0.15) is 0 Å². The van der Waals surface area contributed by atoms with Gasteiger partial charge in [-0.2, -0.15) is 0 Å². The summed E-state index contributed by atoms with van der Waals surface area (Å²) in [5.41, 5.74) is 0. The van der Waals surface area contributed by atoms with E-state index in [4.69, 9.17) is 0 Å². The van der Waals surface area contributed by atoms with Crippen molar-refractivity contribution in [3.8, 4) is 0 Å². The minimum Gasteiger partial charge on any atom is -0.249 e. The van der Waals surface area contributed by atoms with Gasteiger partial charge in [0, 0.05) is 12.1 Å². The van der Waals surface area contributed by atoms with E-state index in [2.05, 4.69) is 41.4 Å². The Morgan fingerprint density at radius 2 is 2.40 bits per heavy atom. The Morgan fingerprint density at radius 1 is 1.70 bits per heavy atom. The molecule has 3 heteroatoms. The molecule has 56 valence electrons. The average Bonchev–Trinajstić information content (AvgIpc) is 2.34. The van der Waals surface area contributed by atoms with Gasteiger partial charge in [-0.3, -0.25) is 0 Å². The number of alkyl halides is 1. The normalized spacial score (nSPS) is 10.8. The van der Waals surface area contributed by atoms with E-state index in [0.29, 0.717) is 5.92 Å². The Balaban J connectivity index is 2.78. The van der Waals surface area contributed by atoms with E-state index in [9.17, 15) is 0 Å². The predicted molar refractivity (Wildman–Crippen MR) is 41.3 cm³/mol. The molecule has 1 heterocycles. The highest BCUT2D eigenvalue weighted by molar-refractivity contribution is 7.11. The summed E-state index contributed by atoms with van der Waals surface area (Å²) < 4.78 is 1.13. The van der Waals surface area contributed by atoms with Crippen molar-refractivity contribution in [2.24, 2.45) is 0 Å². The van der Waals surface area contributed by atoms with Crippen LogP contribution in [0.25, 0.3) is 0 Å². The number of hydrogen-bond donors (Lipinski definition) is 0. The molecule has 0 spiro atoms. The van der Waals surface area contributed by atoms with Crippen molar-refractivity contribution in [3.05, 3.63) is 16.1 Å². The molecule has 1 nitrogen and oxygen atoms in total. The fourth-order valence-corrected chi connectivity index (χ4v) is 2.15. The largest absolute Gasteiger partial charge is 0.258 e. The fourth-order valence-electron chi connectivity index (χ4n) is 0.656. The molecule has 0 aliphatic heterocycles. The first-order valence-corrected chi connectivity index (χ1v) is 5.73. The first kappa shape index (κ1) is 8.46. The maximum atomic E-state index is 4.31. The summed E-state index contributed by atoms with van der Waals surface area (Å²) in [7, 11) is 0. The van der Waals surface area contributed by atoms with Crippen LogP contribution in [-0.4, -0.2) is 4.98 Å². The predicted octanol–water partition coefficient (Wildman–Crippen LogP) is -0.948. The van der Waals surface area contributed by atoms with Crippen molar-refractivity contribution in [1.82, 2.24) is 4.98 Å². The third kappa shape index (κ3) is 1.92. The van der Waals surface area contributed by atoms with E-state index in [0.717, 1.165) is 4.43 Å². The topological polar surface area (TPSA) is 12.9 Å². The van der Waals surface area contributed by atoms with Gasteiger partial charge in [-0.1, -0.05) is 13.8 Å². The molecule has 0 aliphatic rings. The van der Waals surface area contributed by atoms with Gasteiger partial charge in [0.25, 0.3) is 22.6 Å². The smallest absolute Gasteiger partial charge is 0.249 e. The van der Waals surface area contributed by atoms with Crippen molar-refractivity contribution in [3.63, 3.8) is 0 Å². The summed E-state index contributed by atoms with van der Waals surface area (Å²) in [5.74, 6) is 0.589. The van der Waals surface area contributed by atoms with E-state index in [1.54, 1.807) is 0 Å². The molecule has 0 aromatic carbocycles. The third-order valence-electron chi connectivity index (χ3n) is 1.21. The van der Waals surface area contributed by atoms with Gasteiger partial charge in [0.2, 0.25) is 0 Å². The van der Waals surface area contributed by atoms with Crippen LogP contribution in [0.5, 0.6) is 0 Å². The van der Waals surface area contributed by atoms with Crippen LogP contribution in [0.3, 0.4) is 0 Å². The molecule has 0 aliphatic carbocycles. The van der Waals surface area contributed by atoms with Gasteiger partial charge in [-0.15, -0.1) is 11.3 Å². The molecular formula is C7H11INS+. The van der Waals surface area contributed by atoms with Gasteiger partial charge in [-0.25, -0.2) is 4.98 Å². The van der Waals surface area contributed by atoms with Crippen molar-refractivity contribution in [2.45, 2.75) is 24.2 Å². The lowest BCUT2D eigenvalue weighted by Crippen LogP contribution is -3.33. The summed E-state index contributed by atoms with van der Waals surface area (Å²) in [4.78, 5) is 5.70. The highest BCUT2D eigenvalue weighted by Crippen LogP contribution is 2.19. The lowest BCUT2D eigenvalue weighted by Gasteiger charge is -1.94. The number of halogens is 1. The van der Waals surface area contributed by atoms with Crippen molar-refractivity contribution in [1.29, 1.82) is 0 Å². The number of hydrogen-bond acceptors (Lipinski definition) is 2. The monoisotopic (exact) mass is 268 g/mol. The quantitative estimate of drug-likeness (QED) is 0.498. The molecule has 0 N–H and O–H groups in total. The molecule has 1 rings (SSSR count). The molecule has 0 unspecified atom stereocenters.